The van der Waals surface area contributed by atoms with E-state index < -0.39 is 5.97 Å². The summed E-state index contributed by atoms with van der Waals surface area (Å²) in [6.45, 7) is 9.53. The number of rotatable bonds is 9. The van der Waals surface area contributed by atoms with Crippen LogP contribution in [0.1, 0.15) is 65.0 Å². The number of aromatic amines is 1. The van der Waals surface area contributed by atoms with Crippen LogP contribution in [0.15, 0.2) is 24.4 Å². The Morgan fingerprint density at radius 1 is 1.21 bits per heavy atom. The molecule has 0 unspecified atom stereocenters. The van der Waals surface area contributed by atoms with E-state index in [9.17, 15) is 14.4 Å². The molecular formula is C22H29N3O4. The number of ketones is 1. The van der Waals surface area contributed by atoms with Crippen LogP contribution < -0.4 is 0 Å². The fourth-order valence-electron chi connectivity index (χ4n) is 3.23. The predicted octanol–water partition coefficient (Wildman–Crippen LogP) is 3.46. The second-order valence-electron chi connectivity index (χ2n) is 7.44. The predicted molar refractivity (Wildman–Crippen MR) is 110 cm³/mol. The Kier molecular flexibility index (Phi) is 7.70. The van der Waals surface area contributed by atoms with Gasteiger partial charge in [0.2, 0.25) is 5.91 Å². The molecule has 1 amide bonds. The first kappa shape index (κ1) is 22.3. The largest absolute Gasteiger partial charge is 0.461 e. The average Bonchev–Trinajstić information content (AvgIpc) is 2.96. The minimum Gasteiger partial charge on any atom is -0.461 e. The van der Waals surface area contributed by atoms with E-state index in [-0.39, 0.29) is 43.0 Å². The Bertz CT molecular complexity index is 872. The average molecular weight is 399 g/mol. The molecule has 2 rings (SSSR count). The zero-order valence-electron chi connectivity index (χ0n) is 17.7. The molecule has 2 aromatic heterocycles. The molecule has 0 aliphatic heterocycles. The summed E-state index contributed by atoms with van der Waals surface area (Å²) in [7, 11) is 0. The fourth-order valence-corrected chi connectivity index (χ4v) is 3.23. The topological polar surface area (TPSA) is 92.4 Å². The third-order valence-electron chi connectivity index (χ3n) is 4.54. The summed E-state index contributed by atoms with van der Waals surface area (Å²) in [5, 5.41) is 0. The highest BCUT2D eigenvalue weighted by Crippen LogP contribution is 2.20. The standard InChI is InChI=1S/C22H29N3O4/c1-6-29-22(28)21-15(4)20(16(5)24-21)18(26)13-25(19(27)11-14(2)3)12-17-9-7-8-10-23-17/h7-10,14,24H,6,11-13H2,1-5H3. The Balaban J connectivity index is 2.27. The molecule has 0 atom stereocenters. The van der Waals surface area contributed by atoms with Gasteiger partial charge >= 0.3 is 5.97 Å². The van der Waals surface area contributed by atoms with Crippen LogP contribution in [0.4, 0.5) is 0 Å². The molecule has 7 heteroatoms. The van der Waals surface area contributed by atoms with Crippen LogP contribution >= 0.6 is 0 Å². The Morgan fingerprint density at radius 2 is 1.93 bits per heavy atom. The molecule has 0 aliphatic carbocycles. The van der Waals surface area contributed by atoms with Crippen LogP contribution in [-0.2, 0) is 16.1 Å². The number of pyridine rings is 1. The molecule has 0 aliphatic rings. The van der Waals surface area contributed by atoms with Gasteiger partial charge in [-0.2, -0.15) is 0 Å². The highest BCUT2D eigenvalue weighted by molar-refractivity contribution is 6.04. The van der Waals surface area contributed by atoms with Gasteiger partial charge in [0.1, 0.15) is 5.69 Å². The van der Waals surface area contributed by atoms with E-state index in [0.29, 0.717) is 28.9 Å². The second-order valence-corrected chi connectivity index (χ2v) is 7.44. The van der Waals surface area contributed by atoms with Crippen molar-refractivity contribution in [2.75, 3.05) is 13.2 Å². The summed E-state index contributed by atoms with van der Waals surface area (Å²) in [6, 6.07) is 5.48. The van der Waals surface area contributed by atoms with Gasteiger partial charge in [-0.15, -0.1) is 0 Å². The molecule has 0 radical (unpaired) electrons. The van der Waals surface area contributed by atoms with Crippen molar-refractivity contribution in [2.24, 2.45) is 5.92 Å². The summed E-state index contributed by atoms with van der Waals surface area (Å²) in [5.41, 5.74) is 2.55. The molecule has 0 spiro atoms. The highest BCUT2D eigenvalue weighted by atomic mass is 16.5. The summed E-state index contributed by atoms with van der Waals surface area (Å²) in [5.74, 6) is -0.640. The molecule has 2 heterocycles. The van der Waals surface area contributed by atoms with E-state index in [2.05, 4.69) is 9.97 Å². The van der Waals surface area contributed by atoms with Crippen LogP contribution in [0.5, 0.6) is 0 Å². The number of H-pyrrole nitrogens is 1. The van der Waals surface area contributed by atoms with Gasteiger partial charge in [0.15, 0.2) is 5.78 Å². The van der Waals surface area contributed by atoms with E-state index in [4.69, 9.17) is 4.74 Å². The number of nitrogens with one attached hydrogen (secondary N) is 1. The number of amides is 1. The number of ether oxygens (including phenoxy) is 1. The summed E-state index contributed by atoms with van der Waals surface area (Å²) in [4.78, 5) is 46.7. The van der Waals surface area contributed by atoms with E-state index >= 15 is 0 Å². The van der Waals surface area contributed by atoms with Crippen LogP contribution in [0.25, 0.3) is 0 Å². The van der Waals surface area contributed by atoms with Crippen LogP contribution in [-0.4, -0.2) is 45.7 Å². The van der Waals surface area contributed by atoms with Gasteiger partial charge in [-0.3, -0.25) is 14.6 Å². The molecule has 0 saturated carbocycles. The van der Waals surface area contributed by atoms with Crippen LogP contribution in [0, 0.1) is 19.8 Å². The SMILES string of the molecule is CCOC(=O)c1[nH]c(C)c(C(=O)CN(Cc2ccccn2)C(=O)CC(C)C)c1C. The van der Waals surface area contributed by atoms with Crippen molar-refractivity contribution in [2.45, 2.75) is 47.6 Å². The van der Waals surface area contributed by atoms with E-state index in [1.165, 1.54) is 4.90 Å². The molecule has 7 nitrogen and oxygen atoms in total. The quantitative estimate of drug-likeness (QED) is 0.515. The van der Waals surface area contributed by atoms with E-state index in [1.807, 2.05) is 26.0 Å². The first-order valence-corrected chi connectivity index (χ1v) is 9.81. The molecule has 0 aromatic carbocycles. The lowest BCUT2D eigenvalue weighted by Gasteiger charge is -2.23. The fraction of sp³-hybridized carbons (Fsp3) is 0.455. The maximum Gasteiger partial charge on any atom is 0.355 e. The zero-order chi connectivity index (χ0) is 21.6. The molecule has 0 saturated heterocycles. The molecule has 2 aromatic rings. The third kappa shape index (κ3) is 5.76. The van der Waals surface area contributed by atoms with Gasteiger partial charge in [0.05, 0.1) is 25.4 Å². The summed E-state index contributed by atoms with van der Waals surface area (Å²) < 4.78 is 5.04. The molecular weight excluding hydrogens is 370 g/mol. The number of Topliss-reactive ketones (excluding diaryl/α,β-unsaturated/α-hetero) is 1. The zero-order valence-corrected chi connectivity index (χ0v) is 17.7. The lowest BCUT2D eigenvalue weighted by molar-refractivity contribution is -0.132. The minimum atomic E-state index is -0.492. The molecule has 0 bridgehead atoms. The van der Waals surface area contributed by atoms with Gasteiger partial charge in [0.25, 0.3) is 0 Å². The van der Waals surface area contributed by atoms with Crippen LogP contribution in [0.2, 0.25) is 0 Å². The number of hydrogen-bond donors (Lipinski definition) is 1. The van der Waals surface area contributed by atoms with Crippen molar-refractivity contribution in [1.82, 2.24) is 14.9 Å². The smallest absolute Gasteiger partial charge is 0.355 e. The maximum absolute atomic E-state index is 13.1. The minimum absolute atomic E-state index is 0.0794. The first-order valence-electron chi connectivity index (χ1n) is 9.81. The highest BCUT2D eigenvalue weighted by Gasteiger charge is 2.26. The first-order chi connectivity index (χ1) is 13.7. The monoisotopic (exact) mass is 399 g/mol. The maximum atomic E-state index is 13.1. The van der Waals surface area contributed by atoms with Gasteiger partial charge in [-0.05, 0) is 44.4 Å². The summed E-state index contributed by atoms with van der Waals surface area (Å²) >= 11 is 0. The van der Waals surface area contributed by atoms with Gasteiger partial charge in [-0.25, -0.2) is 4.79 Å². The number of carbonyl (C=O) groups is 3. The molecule has 29 heavy (non-hydrogen) atoms. The van der Waals surface area contributed by atoms with E-state index in [1.54, 1.807) is 33.0 Å². The van der Waals surface area contributed by atoms with Gasteiger partial charge < -0.3 is 14.6 Å². The molecule has 1 N–H and O–H groups in total. The number of nitrogens with zero attached hydrogens (tertiary/aromatic N) is 2. The normalized spacial score (nSPS) is 10.8. The van der Waals surface area contributed by atoms with Crippen molar-refractivity contribution >= 4 is 17.7 Å². The third-order valence-corrected chi connectivity index (χ3v) is 4.54. The Morgan fingerprint density at radius 3 is 2.52 bits per heavy atom. The number of aryl methyl sites for hydroxylation is 1. The second kappa shape index (κ2) is 10.0. The molecule has 156 valence electrons. The van der Waals surface area contributed by atoms with Crippen molar-refractivity contribution in [3.63, 3.8) is 0 Å². The lowest BCUT2D eigenvalue weighted by atomic mass is 10.0. The van der Waals surface area contributed by atoms with Gasteiger partial charge in [0, 0.05) is 23.9 Å². The number of carbonyl (C=O) groups excluding carboxylic acids is 3. The van der Waals surface area contributed by atoms with Crippen molar-refractivity contribution in [3.05, 3.63) is 52.6 Å². The van der Waals surface area contributed by atoms with Crippen molar-refractivity contribution < 1.29 is 19.1 Å². The van der Waals surface area contributed by atoms with Crippen molar-refractivity contribution in [1.29, 1.82) is 0 Å². The molecule has 0 fully saturated rings. The number of aromatic nitrogens is 2. The Hall–Kier alpha value is -2.96. The van der Waals surface area contributed by atoms with Gasteiger partial charge in [-0.1, -0.05) is 19.9 Å². The number of hydrogen-bond acceptors (Lipinski definition) is 5. The van der Waals surface area contributed by atoms with Crippen LogP contribution in [0.3, 0.4) is 0 Å². The lowest BCUT2D eigenvalue weighted by Crippen LogP contribution is -2.36. The van der Waals surface area contributed by atoms with E-state index in [0.717, 1.165) is 0 Å². The summed E-state index contributed by atoms with van der Waals surface area (Å²) in [6.07, 6.45) is 2.01. The van der Waals surface area contributed by atoms with Crippen molar-refractivity contribution in [3.8, 4) is 0 Å². The Labute approximate surface area is 171 Å². The number of esters is 1.